The molecule has 5 nitrogen and oxygen atoms in total. The first-order valence-corrected chi connectivity index (χ1v) is 7.71. The van der Waals surface area contributed by atoms with Crippen LogP contribution in [0.5, 0.6) is 0 Å². The highest BCUT2D eigenvalue weighted by Gasteiger charge is 2.37. The molecule has 0 aliphatic heterocycles. The van der Waals surface area contributed by atoms with Gasteiger partial charge in [-0.25, -0.2) is 4.98 Å². The number of hydrogen-bond acceptors (Lipinski definition) is 4. The molecule has 0 fully saturated rings. The fraction of sp³-hybridized carbons (Fsp3) is 0.400. The predicted octanol–water partition coefficient (Wildman–Crippen LogP) is 3.52. The molecule has 2 aromatic rings. The van der Waals surface area contributed by atoms with Crippen LogP contribution in [-0.4, -0.2) is 22.0 Å². The number of anilines is 1. The van der Waals surface area contributed by atoms with Crippen LogP contribution in [0.4, 0.5) is 5.13 Å². The van der Waals surface area contributed by atoms with E-state index in [4.69, 9.17) is 0 Å². The Morgan fingerprint density at radius 1 is 1.29 bits per heavy atom. The van der Waals surface area contributed by atoms with E-state index < -0.39 is 11.4 Å². The minimum Gasteiger partial charge on any atom is -0.481 e. The molecule has 0 aliphatic rings. The number of carboxylic acids is 1. The topological polar surface area (TPSA) is 79.3 Å². The van der Waals surface area contributed by atoms with Crippen LogP contribution in [0.2, 0.25) is 0 Å². The van der Waals surface area contributed by atoms with Crippen LogP contribution in [0.3, 0.4) is 0 Å². The maximum Gasteiger partial charge on any atom is 0.310 e. The van der Waals surface area contributed by atoms with E-state index >= 15 is 0 Å². The van der Waals surface area contributed by atoms with E-state index in [2.05, 4.69) is 10.3 Å². The first kappa shape index (κ1) is 15.4. The summed E-state index contributed by atoms with van der Waals surface area (Å²) in [5.74, 6) is -1.23. The Hall–Kier alpha value is -1.95. The molecular weight excluding hydrogens is 288 g/mol. The maximum absolute atomic E-state index is 12.1. The van der Waals surface area contributed by atoms with Crippen molar-refractivity contribution >= 4 is 38.6 Å². The SMILES string of the molecule is CCC(CC)(CC(=O)Nc1nc2ccccc2s1)C(=O)O. The van der Waals surface area contributed by atoms with Crippen molar-refractivity contribution in [1.82, 2.24) is 4.98 Å². The smallest absolute Gasteiger partial charge is 0.310 e. The number of hydrogen-bond donors (Lipinski definition) is 2. The number of nitrogens with one attached hydrogen (secondary N) is 1. The normalized spacial score (nSPS) is 11.5. The van der Waals surface area contributed by atoms with E-state index in [0.717, 1.165) is 10.2 Å². The van der Waals surface area contributed by atoms with E-state index in [1.165, 1.54) is 11.3 Å². The third-order valence-electron chi connectivity index (χ3n) is 3.85. The zero-order valence-electron chi connectivity index (χ0n) is 12.0. The molecule has 21 heavy (non-hydrogen) atoms. The van der Waals surface area contributed by atoms with Gasteiger partial charge in [-0.15, -0.1) is 0 Å². The Balaban J connectivity index is 2.12. The van der Waals surface area contributed by atoms with Gasteiger partial charge >= 0.3 is 5.97 Å². The number of fused-ring (bicyclic) bond motifs is 1. The molecule has 0 unspecified atom stereocenters. The summed E-state index contributed by atoms with van der Waals surface area (Å²) >= 11 is 1.38. The van der Waals surface area contributed by atoms with E-state index in [1.54, 1.807) is 13.8 Å². The summed E-state index contributed by atoms with van der Waals surface area (Å²) in [4.78, 5) is 27.9. The number of benzene rings is 1. The molecule has 0 bridgehead atoms. The zero-order valence-corrected chi connectivity index (χ0v) is 12.9. The van der Waals surface area contributed by atoms with Crippen LogP contribution in [0.25, 0.3) is 10.2 Å². The van der Waals surface area contributed by atoms with Gasteiger partial charge in [0, 0.05) is 6.42 Å². The van der Waals surface area contributed by atoms with Gasteiger partial charge in [-0.1, -0.05) is 37.3 Å². The summed E-state index contributed by atoms with van der Waals surface area (Å²) < 4.78 is 0.989. The highest BCUT2D eigenvalue weighted by molar-refractivity contribution is 7.22. The summed E-state index contributed by atoms with van der Waals surface area (Å²) in [6.07, 6.45) is 0.809. The summed E-state index contributed by atoms with van der Waals surface area (Å²) in [7, 11) is 0. The monoisotopic (exact) mass is 306 g/mol. The Bertz CT molecular complexity index is 629. The number of aliphatic carboxylic acids is 1. The number of aromatic nitrogens is 1. The van der Waals surface area contributed by atoms with Crippen molar-refractivity contribution in [2.75, 3.05) is 5.32 Å². The van der Waals surface area contributed by atoms with Gasteiger partial charge in [-0.05, 0) is 25.0 Å². The standard InChI is InChI=1S/C15H18N2O3S/c1-3-15(4-2,13(19)20)9-12(18)17-14-16-10-7-5-6-8-11(10)21-14/h5-8H,3-4,9H2,1-2H3,(H,19,20)(H,16,17,18). The van der Waals surface area contributed by atoms with Gasteiger partial charge in [0.25, 0.3) is 0 Å². The molecule has 0 saturated carbocycles. The Morgan fingerprint density at radius 3 is 2.52 bits per heavy atom. The fourth-order valence-corrected chi connectivity index (χ4v) is 3.16. The van der Waals surface area contributed by atoms with Crippen LogP contribution in [0, 0.1) is 5.41 Å². The molecule has 1 heterocycles. The second-order valence-electron chi connectivity index (χ2n) is 5.00. The maximum atomic E-state index is 12.1. The summed E-state index contributed by atoms with van der Waals surface area (Å²) in [6, 6.07) is 7.61. The number of thiazole rings is 1. The third kappa shape index (κ3) is 3.21. The Morgan fingerprint density at radius 2 is 1.95 bits per heavy atom. The number of nitrogens with zero attached hydrogens (tertiary/aromatic N) is 1. The van der Waals surface area contributed by atoms with Crippen molar-refractivity contribution < 1.29 is 14.7 Å². The van der Waals surface area contributed by atoms with E-state index in [9.17, 15) is 14.7 Å². The Labute approximate surface area is 127 Å². The molecule has 1 amide bonds. The number of carbonyl (C=O) groups excluding carboxylic acids is 1. The van der Waals surface area contributed by atoms with Gasteiger partial charge < -0.3 is 10.4 Å². The lowest BCUT2D eigenvalue weighted by molar-refractivity contribution is -0.151. The van der Waals surface area contributed by atoms with Crippen LogP contribution in [0.1, 0.15) is 33.1 Å². The summed E-state index contributed by atoms with van der Waals surface area (Å²) in [5, 5.41) is 12.6. The average Bonchev–Trinajstić information content (AvgIpc) is 2.86. The number of para-hydroxylation sites is 1. The summed E-state index contributed by atoms with van der Waals surface area (Å²) in [5.41, 5.74) is -0.172. The molecular formula is C15H18N2O3S. The lowest BCUT2D eigenvalue weighted by atomic mass is 9.79. The molecule has 2 rings (SSSR count). The van der Waals surface area contributed by atoms with E-state index in [-0.39, 0.29) is 12.3 Å². The lowest BCUT2D eigenvalue weighted by Gasteiger charge is -2.25. The molecule has 0 atom stereocenters. The molecule has 0 spiro atoms. The summed E-state index contributed by atoms with van der Waals surface area (Å²) in [6.45, 7) is 3.59. The molecule has 2 N–H and O–H groups in total. The second-order valence-corrected chi connectivity index (χ2v) is 6.03. The molecule has 0 radical (unpaired) electrons. The number of carboxylic acid groups (broad SMARTS) is 1. The minimum atomic E-state index is -0.999. The fourth-order valence-electron chi connectivity index (χ4n) is 2.27. The predicted molar refractivity (Wildman–Crippen MR) is 83.5 cm³/mol. The van der Waals surface area contributed by atoms with Crippen LogP contribution < -0.4 is 5.32 Å². The van der Waals surface area contributed by atoms with Crippen molar-refractivity contribution in [3.05, 3.63) is 24.3 Å². The minimum absolute atomic E-state index is 0.0364. The molecule has 1 aromatic heterocycles. The average molecular weight is 306 g/mol. The zero-order chi connectivity index (χ0) is 15.5. The molecule has 0 aliphatic carbocycles. The van der Waals surface area contributed by atoms with Gasteiger partial charge in [0.05, 0.1) is 15.6 Å². The van der Waals surface area contributed by atoms with Crippen molar-refractivity contribution in [2.24, 2.45) is 5.41 Å². The van der Waals surface area contributed by atoms with E-state index in [1.807, 2.05) is 24.3 Å². The van der Waals surface area contributed by atoms with Gasteiger partial charge in [0.15, 0.2) is 5.13 Å². The van der Waals surface area contributed by atoms with Crippen molar-refractivity contribution in [3.8, 4) is 0 Å². The van der Waals surface area contributed by atoms with Crippen LogP contribution >= 0.6 is 11.3 Å². The van der Waals surface area contributed by atoms with Crippen molar-refractivity contribution in [2.45, 2.75) is 33.1 Å². The van der Waals surface area contributed by atoms with Gasteiger partial charge in [-0.3, -0.25) is 9.59 Å². The number of rotatable bonds is 6. The van der Waals surface area contributed by atoms with Crippen molar-refractivity contribution in [1.29, 1.82) is 0 Å². The number of carbonyl (C=O) groups is 2. The van der Waals surface area contributed by atoms with Gasteiger partial charge in [0.2, 0.25) is 5.91 Å². The van der Waals surface area contributed by atoms with E-state index in [0.29, 0.717) is 18.0 Å². The van der Waals surface area contributed by atoms with Gasteiger partial charge in [0.1, 0.15) is 0 Å². The van der Waals surface area contributed by atoms with Crippen LogP contribution in [0.15, 0.2) is 24.3 Å². The Kier molecular flexibility index (Phi) is 4.57. The lowest BCUT2D eigenvalue weighted by Crippen LogP contribution is -2.34. The highest BCUT2D eigenvalue weighted by atomic mass is 32.1. The largest absolute Gasteiger partial charge is 0.481 e. The van der Waals surface area contributed by atoms with Crippen LogP contribution in [-0.2, 0) is 9.59 Å². The molecule has 1 aromatic carbocycles. The first-order valence-electron chi connectivity index (χ1n) is 6.89. The second kappa shape index (κ2) is 6.22. The van der Waals surface area contributed by atoms with Gasteiger partial charge in [-0.2, -0.15) is 0 Å². The number of amides is 1. The third-order valence-corrected chi connectivity index (χ3v) is 4.80. The molecule has 0 saturated heterocycles. The molecule has 6 heteroatoms. The first-order chi connectivity index (χ1) is 10.0. The van der Waals surface area contributed by atoms with Crippen molar-refractivity contribution in [3.63, 3.8) is 0 Å². The highest BCUT2D eigenvalue weighted by Crippen LogP contribution is 2.32. The molecule has 112 valence electrons. The quantitative estimate of drug-likeness (QED) is 0.856.